The first kappa shape index (κ1) is 24.9. The minimum absolute atomic E-state index is 0.0221. The minimum Gasteiger partial charge on any atom is -0.508 e. The average Bonchev–Trinajstić information content (AvgIpc) is 2.88. The molecule has 3 aromatic carbocycles. The summed E-state index contributed by atoms with van der Waals surface area (Å²) in [6.07, 6.45) is 4.81. The molecule has 1 aromatic heterocycles. The van der Waals surface area contributed by atoms with Crippen LogP contribution in [-0.4, -0.2) is 77.6 Å². The van der Waals surface area contributed by atoms with Crippen LogP contribution in [0.1, 0.15) is 0 Å². The molecule has 0 bridgehead atoms. The van der Waals surface area contributed by atoms with Gasteiger partial charge in [-0.1, -0.05) is 41.9 Å². The number of fused-ring (bicyclic) bond motifs is 2. The number of likely N-dealkylation sites (N-methyl/N-ethyl adjacent to an activating group) is 1. The summed E-state index contributed by atoms with van der Waals surface area (Å²) in [5, 5.41) is 12.5. The molecule has 0 radical (unpaired) electrons. The number of amides is 1. The number of carbonyl (C=O) groups excluding carboxylic acids is 1. The number of hydrogen-bond donors (Lipinski definition) is 1. The lowest BCUT2D eigenvalue weighted by atomic mass is 9.96. The number of piperazine rings is 1. The normalized spacial score (nSPS) is 14.4. The van der Waals surface area contributed by atoms with Crippen LogP contribution in [0.4, 0.5) is 10.2 Å². The number of anilines is 1. The van der Waals surface area contributed by atoms with E-state index in [1.807, 2.05) is 54.2 Å². The number of halogens is 2. The van der Waals surface area contributed by atoms with E-state index in [0.717, 1.165) is 10.8 Å². The van der Waals surface area contributed by atoms with Crippen LogP contribution < -0.4 is 4.90 Å². The van der Waals surface area contributed by atoms with E-state index in [0.29, 0.717) is 49.5 Å². The van der Waals surface area contributed by atoms with Crippen LogP contribution in [0.5, 0.6) is 5.75 Å². The van der Waals surface area contributed by atoms with Crippen LogP contribution >= 0.6 is 11.6 Å². The highest BCUT2D eigenvalue weighted by atomic mass is 35.5. The van der Waals surface area contributed by atoms with Gasteiger partial charge >= 0.3 is 0 Å². The highest BCUT2D eigenvalue weighted by Gasteiger charge is 2.25. The van der Waals surface area contributed by atoms with Gasteiger partial charge in [-0.3, -0.25) is 4.79 Å². The van der Waals surface area contributed by atoms with Gasteiger partial charge in [-0.15, -0.1) is 0 Å². The molecule has 0 saturated carbocycles. The predicted octanol–water partition coefficient (Wildman–Crippen LogP) is 4.71. The number of hydrogen-bond acceptors (Lipinski definition) is 6. The molecule has 0 spiro atoms. The van der Waals surface area contributed by atoms with Gasteiger partial charge in [-0.05, 0) is 48.6 Å². The third-order valence-corrected chi connectivity index (χ3v) is 6.84. The molecule has 1 fully saturated rings. The summed E-state index contributed by atoms with van der Waals surface area (Å²) in [5.41, 5.74) is 0.836. The maximum absolute atomic E-state index is 16.0. The number of benzene rings is 3. The standard InChI is InChI=1S/C28H27ClFN5O2/c1-33(2)9-5-8-24(37)34-10-12-35(13-11-34)28-22-16-23(29)25(26(30)27(22)31-17-32-28)21-15-19(36)14-18-6-3-4-7-20(18)21/h3-8,14-17,36H,9-13H2,1-2H3. The summed E-state index contributed by atoms with van der Waals surface area (Å²) >= 11 is 6.68. The topological polar surface area (TPSA) is 72.8 Å². The van der Waals surface area contributed by atoms with Gasteiger partial charge in [-0.25, -0.2) is 14.4 Å². The van der Waals surface area contributed by atoms with Crippen LogP contribution in [0.3, 0.4) is 0 Å². The maximum Gasteiger partial charge on any atom is 0.246 e. The van der Waals surface area contributed by atoms with E-state index in [2.05, 4.69) is 9.97 Å². The predicted molar refractivity (Wildman–Crippen MR) is 146 cm³/mol. The molecule has 1 saturated heterocycles. The fraction of sp³-hybridized carbons (Fsp3) is 0.250. The van der Waals surface area contributed by atoms with Gasteiger partial charge in [0, 0.05) is 49.7 Å². The van der Waals surface area contributed by atoms with Crippen molar-refractivity contribution in [2.75, 3.05) is 51.7 Å². The van der Waals surface area contributed by atoms with Gasteiger partial charge in [0.2, 0.25) is 5.91 Å². The molecule has 1 aliphatic rings. The number of aromatic hydroxyl groups is 1. The molecule has 7 nitrogen and oxygen atoms in total. The highest BCUT2D eigenvalue weighted by Crippen LogP contribution is 2.41. The Hall–Kier alpha value is -3.75. The lowest BCUT2D eigenvalue weighted by Crippen LogP contribution is -2.48. The van der Waals surface area contributed by atoms with E-state index in [1.54, 1.807) is 23.1 Å². The molecule has 37 heavy (non-hydrogen) atoms. The Morgan fingerprint density at radius 3 is 2.62 bits per heavy atom. The fourth-order valence-corrected chi connectivity index (χ4v) is 5.02. The Morgan fingerprint density at radius 2 is 1.86 bits per heavy atom. The second-order valence-corrected chi connectivity index (χ2v) is 9.74. The van der Waals surface area contributed by atoms with Crippen LogP contribution in [0, 0.1) is 5.82 Å². The first-order chi connectivity index (χ1) is 17.8. The number of rotatable bonds is 5. The van der Waals surface area contributed by atoms with Crippen molar-refractivity contribution < 1.29 is 14.3 Å². The molecule has 1 aliphatic heterocycles. The second-order valence-electron chi connectivity index (χ2n) is 9.33. The molecule has 2 heterocycles. The van der Waals surface area contributed by atoms with E-state index in [-0.39, 0.29) is 27.8 Å². The summed E-state index contributed by atoms with van der Waals surface area (Å²) in [4.78, 5) is 27.0. The molecule has 1 N–H and O–H groups in total. The van der Waals surface area contributed by atoms with Gasteiger partial charge in [-0.2, -0.15) is 0 Å². The molecule has 9 heteroatoms. The van der Waals surface area contributed by atoms with Crippen LogP contribution in [0.15, 0.2) is 60.9 Å². The van der Waals surface area contributed by atoms with Crippen LogP contribution in [0.2, 0.25) is 5.02 Å². The van der Waals surface area contributed by atoms with Crippen molar-refractivity contribution >= 4 is 45.0 Å². The smallest absolute Gasteiger partial charge is 0.246 e. The van der Waals surface area contributed by atoms with Crippen molar-refractivity contribution in [3.05, 3.63) is 71.8 Å². The zero-order valence-electron chi connectivity index (χ0n) is 20.7. The minimum atomic E-state index is -0.568. The molecule has 190 valence electrons. The van der Waals surface area contributed by atoms with Crippen molar-refractivity contribution in [3.63, 3.8) is 0 Å². The monoisotopic (exact) mass is 519 g/mol. The first-order valence-electron chi connectivity index (χ1n) is 12.0. The molecule has 0 atom stereocenters. The molecule has 5 rings (SSSR count). The van der Waals surface area contributed by atoms with Crippen molar-refractivity contribution in [3.8, 4) is 16.9 Å². The van der Waals surface area contributed by atoms with Gasteiger partial charge in [0.15, 0.2) is 5.82 Å². The molecule has 4 aromatic rings. The number of nitrogens with zero attached hydrogens (tertiary/aromatic N) is 5. The highest BCUT2D eigenvalue weighted by molar-refractivity contribution is 6.35. The molecule has 0 aliphatic carbocycles. The molecule has 0 unspecified atom stereocenters. The van der Waals surface area contributed by atoms with E-state index in [9.17, 15) is 9.90 Å². The Labute approximate surface area is 219 Å². The van der Waals surface area contributed by atoms with Crippen LogP contribution in [-0.2, 0) is 4.79 Å². The number of aromatic nitrogens is 2. The van der Waals surface area contributed by atoms with Crippen molar-refractivity contribution in [2.45, 2.75) is 0 Å². The quantitative estimate of drug-likeness (QED) is 0.385. The lowest BCUT2D eigenvalue weighted by molar-refractivity contribution is -0.126. The lowest BCUT2D eigenvalue weighted by Gasteiger charge is -2.35. The van der Waals surface area contributed by atoms with Gasteiger partial charge < -0.3 is 19.8 Å². The summed E-state index contributed by atoms with van der Waals surface area (Å²) in [5.74, 6) is 0.0119. The van der Waals surface area contributed by atoms with E-state index >= 15 is 4.39 Å². The third kappa shape index (κ3) is 4.95. The number of phenols is 1. The van der Waals surface area contributed by atoms with Gasteiger partial charge in [0.25, 0.3) is 0 Å². The second kappa shape index (κ2) is 10.3. The van der Waals surface area contributed by atoms with Gasteiger partial charge in [0.1, 0.15) is 23.4 Å². The van der Waals surface area contributed by atoms with Crippen molar-refractivity contribution in [1.29, 1.82) is 0 Å². The Balaban J connectivity index is 1.47. The van der Waals surface area contributed by atoms with Crippen LogP contribution in [0.25, 0.3) is 32.8 Å². The van der Waals surface area contributed by atoms with E-state index in [4.69, 9.17) is 11.6 Å². The van der Waals surface area contributed by atoms with Gasteiger partial charge in [0.05, 0.1) is 5.02 Å². The summed E-state index contributed by atoms with van der Waals surface area (Å²) in [7, 11) is 3.90. The Kier molecular flexibility index (Phi) is 6.95. The van der Waals surface area contributed by atoms with E-state index in [1.165, 1.54) is 12.4 Å². The van der Waals surface area contributed by atoms with Crippen molar-refractivity contribution in [1.82, 2.24) is 19.8 Å². The number of carbonyl (C=O) groups is 1. The zero-order valence-corrected chi connectivity index (χ0v) is 21.4. The molecular formula is C28H27ClFN5O2. The largest absolute Gasteiger partial charge is 0.508 e. The zero-order chi connectivity index (χ0) is 26.1. The van der Waals surface area contributed by atoms with Crippen molar-refractivity contribution in [2.24, 2.45) is 0 Å². The SMILES string of the molecule is CN(C)CC=CC(=O)N1CCN(c2ncnc3c(F)c(-c4cc(O)cc5ccccc45)c(Cl)cc23)CC1. The summed E-state index contributed by atoms with van der Waals surface area (Å²) < 4.78 is 16.0. The fourth-order valence-electron chi connectivity index (χ4n) is 4.73. The molecular weight excluding hydrogens is 493 g/mol. The molecule has 1 amide bonds. The Bertz CT molecular complexity index is 1520. The third-order valence-electron chi connectivity index (χ3n) is 6.54. The Morgan fingerprint density at radius 1 is 1.11 bits per heavy atom. The average molecular weight is 520 g/mol. The summed E-state index contributed by atoms with van der Waals surface area (Å²) in [6, 6.07) is 12.3. The first-order valence-corrected chi connectivity index (χ1v) is 12.4. The maximum atomic E-state index is 16.0. The number of phenolic OH excluding ortho intramolecular Hbond substituents is 1. The summed E-state index contributed by atoms with van der Waals surface area (Å²) in [6.45, 7) is 2.86. The van der Waals surface area contributed by atoms with E-state index < -0.39 is 5.82 Å².